The lowest BCUT2D eigenvalue weighted by Gasteiger charge is -2.42. The number of aromatic hydroxyl groups is 1. The van der Waals surface area contributed by atoms with Gasteiger partial charge in [-0.2, -0.15) is 0 Å². The van der Waals surface area contributed by atoms with Crippen LogP contribution in [0.15, 0.2) is 34.9 Å². The summed E-state index contributed by atoms with van der Waals surface area (Å²) >= 11 is 0. The van der Waals surface area contributed by atoms with E-state index >= 15 is 0 Å². The number of hydrogen-bond donors (Lipinski definition) is 1. The van der Waals surface area contributed by atoms with Crippen molar-refractivity contribution in [2.75, 3.05) is 6.54 Å². The number of phenols is 1. The zero-order valence-electron chi connectivity index (χ0n) is 14.9. The van der Waals surface area contributed by atoms with Crippen LogP contribution in [0.3, 0.4) is 0 Å². The Morgan fingerprint density at radius 1 is 1.30 bits per heavy atom. The number of allylic oxidation sites excluding steroid dienone is 1. The third-order valence-corrected chi connectivity index (χ3v) is 5.67. The first kappa shape index (κ1) is 16.3. The normalized spacial score (nSPS) is 22.1. The molecule has 0 saturated heterocycles. The summed E-state index contributed by atoms with van der Waals surface area (Å²) in [5, 5.41) is 10.3. The second-order valence-corrected chi connectivity index (χ2v) is 7.07. The van der Waals surface area contributed by atoms with Crippen molar-refractivity contribution in [3.8, 4) is 5.75 Å². The lowest BCUT2D eigenvalue weighted by molar-refractivity contribution is 0.184. The van der Waals surface area contributed by atoms with Crippen LogP contribution in [0.5, 0.6) is 5.75 Å². The van der Waals surface area contributed by atoms with Crippen molar-refractivity contribution < 1.29 is 5.11 Å². The molecule has 1 atom stereocenters. The summed E-state index contributed by atoms with van der Waals surface area (Å²) in [7, 11) is 0. The van der Waals surface area contributed by atoms with Crippen LogP contribution in [-0.2, 0) is 19.4 Å². The third-order valence-electron chi connectivity index (χ3n) is 5.67. The molecule has 2 aliphatic rings. The van der Waals surface area contributed by atoms with E-state index in [1.165, 1.54) is 22.3 Å². The van der Waals surface area contributed by atoms with E-state index in [1.54, 1.807) is 5.57 Å². The fourth-order valence-electron chi connectivity index (χ4n) is 4.00. The molecular weight excluding hydrogens is 282 g/mol. The van der Waals surface area contributed by atoms with Gasteiger partial charge in [-0.3, -0.25) is 4.90 Å². The molecule has 124 valence electrons. The Hall–Kier alpha value is -1.54. The first-order chi connectivity index (χ1) is 11.0. The predicted molar refractivity (Wildman–Crippen MR) is 96.8 cm³/mol. The van der Waals surface area contributed by atoms with Crippen molar-refractivity contribution in [3.05, 3.63) is 51.6 Å². The molecule has 0 amide bonds. The molecule has 0 radical (unpaired) electrons. The Bertz CT molecular complexity index is 669. The Labute approximate surface area is 140 Å². The van der Waals surface area contributed by atoms with Gasteiger partial charge in [-0.15, -0.1) is 0 Å². The molecule has 2 aliphatic heterocycles. The molecule has 23 heavy (non-hydrogen) atoms. The van der Waals surface area contributed by atoms with Gasteiger partial charge in [0.1, 0.15) is 5.75 Å². The average molecular weight is 311 g/mol. The summed E-state index contributed by atoms with van der Waals surface area (Å²) in [6.07, 6.45) is 6.75. The SMILES string of the molecule is CC/C(C)=C/C1=C(C)CCN2Cc3c(O)ccc(CC)c3CC12. The number of rotatable bonds is 3. The first-order valence-electron chi connectivity index (χ1n) is 8.98. The highest BCUT2D eigenvalue weighted by Gasteiger charge is 2.33. The number of aryl methyl sites for hydroxylation is 1. The van der Waals surface area contributed by atoms with Crippen molar-refractivity contribution in [3.63, 3.8) is 0 Å². The zero-order valence-corrected chi connectivity index (χ0v) is 14.9. The summed E-state index contributed by atoms with van der Waals surface area (Å²) < 4.78 is 0. The van der Waals surface area contributed by atoms with Crippen LogP contribution in [0.2, 0.25) is 0 Å². The molecule has 3 rings (SSSR count). The van der Waals surface area contributed by atoms with Gasteiger partial charge in [-0.05, 0) is 62.3 Å². The van der Waals surface area contributed by atoms with Crippen molar-refractivity contribution in [2.24, 2.45) is 0 Å². The molecule has 2 nitrogen and oxygen atoms in total. The largest absolute Gasteiger partial charge is 0.508 e. The van der Waals surface area contributed by atoms with Gasteiger partial charge in [0.25, 0.3) is 0 Å². The molecule has 0 fully saturated rings. The Kier molecular flexibility index (Phi) is 4.63. The van der Waals surface area contributed by atoms with Crippen LogP contribution in [0.1, 0.15) is 57.2 Å². The minimum atomic E-state index is 0.476. The van der Waals surface area contributed by atoms with E-state index in [9.17, 15) is 5.11 Å². The van der Waals surface area contributed by atoms with Gasteiger partial charge in [0.2, 0.25) is 0 Å². The first-order valence-corrected chi connectivity index (χ1v) is 8.98. The molecule has 2 heterocycles. The molecule has 0 bridgehead atoms. The van der Waals surface area contributed by atoms with Gasteiger partial charge < -0.3 is 5.11 Å². The summed E-state index contributed by atoms with van der Waals surface area (Å²) in [6, 6.07) is 4.46. The summed E-state index contributed by atoms with van der Waals surface area (Å²) in [4.78, 5) is 2.56. The molecule has 0 aliphatic carbocycles. The highest BCUT2D eigenvalue weighted by molar-refractivity contribution is 5.49. The fourth-order valence-corrected chi connectivity index (χ4v) is 4.00. The van der Waals surface area contributed by atoms with Crippen molar-refractivity contribution >= 4 is 0 Å². The van der Waals surface area contributed by atoms with Gasteiger partial charge in [0, 0.05) is 24.7 Å². The summed E-state index contributed by atoms with van der Waals surface area (Å²) in [5.41, 5.74) is 8.47. The van der Waals surface area contributed by atoms with E-state index in [-0.39, 0.29) is 0 Å². The minimum Gasteiger partial charge on any atom is -0.508 e. The van der Waals surface area contributed by atoms with Crippen molar-refractivity contribution in [1.29, 1.82) is 0 Å². The highest BCUT2D eigenvalue weighted by atomic mass is 16.3. The predicted octanol–water partition coefficient (Wildman–Crippen LogP) is 4.76. The Balaban J connectivity index is 2.04. The van der Waals surface area contributed by atoms with E-state index in [0.717, 1.165) is 44.3 Å². The molecule has 1 unspecified atom stereocenters. The second kappa shape index (κ2) is 6.52. The maximum absolute atomic E-state index is 10.3. The van der Waals surface area contributed by atoms with Gasteiger partial charge >= 0.3 is 0 Å². The van der Waals surface area contributed by atoms with Crippen LogP contribution < -0.4 is 0 Å². The molecule has 0 aromatic heterocycles. The molecule has 2 heteroatoms. The topological polar surface area (TPSA) is 23.5 Å². The Morgan fingerprint density at radius 2 is 2.09 bits per heavy atom. The number of fused-ring (bicyclic) bond motifs is 2. The van der Waals surface area contributed by atoms with Crippen molar-refractivity contribution in [2.45, 2.75) is 66.0 Å². The quantitative estimate of drug-likeness (QED) is 0.870. The number of hydrogen-bond acceptors (Lipinski definition) is 2. The number of phenolic OH excluding ortho intramolecular Hbond substituents is 1. The molecule has 0 saturated carbocycles. The van der Waals surface area contributed by atoms with E-state index in [4.69, 9.17) is 0 Å². The van der Waals surface area contributed by atoms with E-state index in [1.807, 2.05) is 6.07 Å². The van der Waals surface area contributed by atoms with E-state index < -0.39 is 0 Å². The molecule has 0 spiro atoms. The second-order valence-electron chi connectivity index (χ2n) is 7.07. The third kappa shape index (κ3) is 2.97. The maximum atomic E-state index is 10.3. The van der Waals surface area contributed by atoms with E-state index in [0.29, 0.717) is 11.8 Å². The van der Waals surface area contributed by atoms with Crippen LogP contribution in [0.4, 0.5) is 0 Å². The molecular formula is C21H29NO. The monoisotopic (exact) mass is 311 g/mol. The van der Waals surface area contributed by atoms with Crippen LogP contribution >= 0.6 is 0 Å². The zero-order chi connectivity index (χ0) is 16.6. The van der Waals surface area contributed by atoms with Gasteiger partial charge in [-0.25, -0.2) is 0 Å². The lowest BCUT2D eigenvalue weighted by atomic mass is 9.81. The molecule has 1 N–H and O–H groups in total. The number of nitrogens with zero attached hydrogens (tertiary/aromatic N) is 1. The van der Waals surface area contributed by atoms with Crippen LogP contribution in [0.25, 0.3) is 0 Å². The van der Waals surface area contributed by atoms with Gasteiger partial charge in [0.15, 0.2) is 0 Å². The Morgan fingerprint density at radius 3 is 2.78 bits per heavy atom. The highest BCUT2D eigenvalue weighted by Crippen LogP contribution is 2.38. The minimum absolute atomic E-state index is 0.476. The standard InChI is InChI=1S/C21H29NO/c1-5-14(3)11-17-15(4)9-10-22-13-19-18(12-20(17)22)16(6-2)7-8-21(19)23/h7-8,11,20,23H,5-6,9-10,12-13H2,1-4H3/b14-11+. The van der Waals surface area contributed by atoms with Crippen LogP contribution in [0, 0.1) is 0 Å². The average Bonchev–Trinajstić information content (AvgIpc) is 2.56. The fraction of sp³-hybridized carbons (Fsp3) is 0.524. The lowest BCUT2D eigenvalue weighted by Crippen LogP contribution is -2.45. The molecule has 1 aromatic carbocycles. The van der Waals surface area contributed by atoms with Crippen LogP contribution in [-0.4, -0.2) is 22.6 Å². The number of benzene rings is 1. The van der Waals surface area contributed by atoms with Gasteiger partial charge in [0.05, 0.1) is 0 Å². The van der Waals surface area contributed by atoms with E-state index in [2.05, 4.69) is 44.7 Å². The smallest absolute Gasteiger partial charge is 0.120 e. The van der Waals surface area contributed by atoms with Crippen molar-refractivity contribution in [1.82, 2.24) is 4.90 Å². The molecule has 1 aromatic rings. The maximum Gasteiger partial charge on any atom is 0.120 e. The van der Waals surface area contributed by atoms with Gasteiger partial charge in [-0.1, -0.05) is 37.1 Å². The summed E-state index contributed by atoms with van der Waals surface area (Å²) in [5.74, 6) is 0.476. The summed E-state index contributed by atoms with van der Waals surface area (Å²) in [6.45, 7) is 11.0.